The van der Waals surface area contributed by atoms with Gasteiger partial charge in [-0.3, -0.25) is 0 Å². The Kier molecular flexibility index (Phi) is 4.99. The number of fused-ring (bicyclic) bond motifs is 1. The number of alkyl halides is 1. The Morgan fingerprint density at radius 3 is 3.00 bits per heavy atom. The van der Waals surface area contributed by atoms with Gasteiger partial charge in [0.2, 0.25) is 5.28 Å². The second-order valence-electron chi connectivity index (χ2n) is 3.92. The first-order valence-electron chi connectivity index (χ1n) is 5.94. The molecule has 1 N–H and O–H groups in total. The number of rotatable bonds is 6. The fourth-order valence-corrected chi connectivity index (χ4v) is 2.27. The second-order valence-corrected chi connectivity index (χ2v) is 5.34. The highest BCUT2D eigenvalue weighted by Crippen LogP contribution is 2.21. The molecule has 0 aliphatic carbocycles. The highest BCUT2D eigenvalue weighted by molar-refractivity contribution is 14.1. The van der Waals surface area contributed by atoms with Crippen molar-refractivity contribution in [2.24, 2.45) is 0 Å². The number of hydrogen-bond acceptors (Lipinski definition) is 4. The van der Waals surface area contributed by atoms with Gasteiger partial charge < -0.3 is 9.88 Å². The molecule has 0 spiro atoms. The van der Waals surface area contributed by atoms with Gasteiger partial charge in [0.05, 0.1) is 6.33 Å². The lowest BCUT2D eigenvalue weighted by Gasteiger charge is -2.06. The predicted octanol–water partition coefficient (Wildman–Crippen LogP) is 3.13. The van der Waals surface area contributed by atoms with Gasteiger partial charge in [0.25, 0.3) is 0 Å². The summed E-state index contributed by atoms with van der Waals surface area (Å²) in [5.74, 6) is 0.727. The molecule has 2 aromatic rings. The molecule has 7 heteroatoms. The molecule has 2 rings (SSSR count). The standard InChI is InChI=1S/C11H15ClIN5/c1-2-6-18-7-15-8-9(14-5-3-4-13)16-11(12)17-10(8)18/h7H,2-6H2,1H3,(H,14,16,17). The number of anilines is 1. The van der Waals surface area contributed by atoms with Crippen molar-refractivity contribution in [3.8, 4) is 0 Å². The van der Waals surface area contributed by atoms with E-state index in [9.17, 15) is 0 Å². The third-order valence-electron chi connectivity index (χ3n) is 2.50. The van der Waals surface area contributed by atoms with Crippen molar-refractivity contribution in [1.82, 2.24) is 19.5 Å². The van der Waals surface area contributed by atoms with Gasteiger partial charge in [-0.25, -0.2) is 4.98 Å². The number of nitrogens with one attached hydrogen (secondary N) is 1. The van der Waals surface area contributed by atoms with Crippen molar-refractivity contribution >= 4 is 51.2 Å². The molecule has 0 unspecified atom stereocenters. The minimum absolute atomic E-state index is 0.261. The van der Waals surface area contributed by atoms with E-state index < -0.39 is 0 Å². The van der Waals surface area contributed by atoms with Crippen LogP contribution in [-0.4, -0.2) is 30.5 Å². The van der Waals surface area contributed by atoms with Crippen LogP contribution in [0.5, 0.6) is 0 Å². The van der Waals surface area contributed by atoms with Crippen molar-refractivity contribution in [1.29, 1.82) is 0 Å². The monoisotopic (exact) mass is 379 g/mol. The average molecular weight is 380 g/mol. The smallest absolute Gasteiger partial charge is 0.226 e. The van der Waals surface area contributed by atoms with Gasteiger partial charge in [0.1, 0.15) is 0 Å². The zero-order chi connectivity index (χ0) is 13.0. The lowest BCUT2D eigenvalue weighted by Crippen LogP contribution is -2.06. The molecular weight excluding hydrogens is 365 g/mol. The van der Waals surface area contributed by atoms with Crippen molar-refractivity contribution in [3.63, 3.8) is 0 Å². The highest BCUT2D eigenvalue weighted by Gasteiger charge is 2.11. The van der Waals surface area contributed by atoms with Crippen molar-refractivity contribution in [3.05, 3.63) is 11.6 Å². The number of halogens is 2. The first-order chi connectivity index (χ1) is 8.76. The summed E-state index contributed by atoms with van der Waals surface area (Å²) in [4.78, 5) is 12.8. The van der Waals surface area contributed by atoms with Crippen LogP contribution in [0.2, 0.25) is 5.28 Å². The third kappa shape index (κ3) is 3.03. The summed E-state index contributed by atoms with van der Waals surface area (Å²) in [6.45, 7) is 3.87. The van der Waals surface area contributed by atoms with E-state index in [0.29, 0.717) is 0 Å². The maximum atomic E-state index is 5.96. The summed E-state index contributed by atoms with van der Waals surface area (Å²) in [5, 5.41) is 3.53. The molecule has 0 saturated carbocycles. The molecule has 0 fully saturated rings. The Morgan fingerprint density at radius 1 is 1.44 bits per heavy atom. The van der Waals surface area contributed by atoms with Gasteiger partial charge in [-0.05, 0) is 24.4 Å². The van der Waals surface area contributed by atoms with Crippen molar-refractivity contribution in [2.45, 2.75) is 26.3 Å². The Bertz CT molecular complexity index is 527. The van der Waals surface area contributed by atoms with Gasteiger partial charge in [0.15, 0.2) is 17.0 Å². The van der Waals surface area contributed by atoms with E-state index >= 15 is 0 Å². The minimum Gasteiger partial charge on any atom is -0.368 e. The molecule has 0 atom stereocenters. The van der Waals surface area contributed by atoms with E-state index in [4.69, 9.17) is 11.6 Å². The van der Waals surface area contributed by atoms with Gasteiger partial charge in [0, 0.05) is 17.5 Å². The number of hydrogen-bond donors (Lipinski definition) is 1. The number of aromatic nitrogens is 4. The Labute approximate surface area is 124 Å². The van der Waals surface area contributed by atoms with Crippen LogP contribution in [0.25, 0.3) is 11.2 Å². The Hall–Kier alpha value is -0.630. The van der Waals surface area contributed by atoms with Gasteiger partial charge in [-0.15, -0.1) is 0 Å². The van der Waals surface area contributed by atoms with Crippen molar-refractivity contribution in [2.75, 3.05) is 16.3 Å². The average Bonchev–Trinajstić information content (AvgIpc) is 2.73. The molecule has 0 radical (unpaired) electrons. The van der Waals surface area contributed by atoms with E-state index in [1.165, 1.54) is 0 Å². The van der Waals surface area contributed by atoms with Gasteiger partial charge >= 0.3 is 0 Å². The van der Waals surface area contributed by atoms with Crippen LogP contribution in [0.3, 0.4) is 0 Å². The van der Waals surface area contributed by atoms with E-state index in [2.05, 4.69) is 49.8 Å². The topological polar surface area (TPSA) is 55.6 Å². The summed E-state index contributed by atoms with van der Waals surface area (Å²) >= 11 is 8.31. The molecule has 98 valence electrons. The van der Waals surface area contributed by atoms with Crippen LogP contribution in [0, 0.1) is 0 Å². The van der Waals surface area contributed by atoms with Gasteiger partial charge in [-0.1, -0.05) is 29.5 Å². The van der Waals surface area contributed by atoms with Crippen LogP contribution in [-0.2, 0) is 6.54 Å². The van der Waals surface area contributed by atoms with E-state index in [-0.39, 0.29) is 5.28 Å². The highest BCUT2D eigenvalue weighted by atomic mass is 127. The molecule has 0 aliphatic heterocycles. The van der Waals surface area contributed by atoms with E-state index in [0.717, 1.165) is 47.3 Å². The van der Waals surface area contributed by atoms with E-state index in [1.807, 2.05) is 4.57 Å². The van der Waals surface area contributed by atoms with Crippen LogP contribution >= 0.6 is 34.2 Å². The molecule has 2 aromatic heterocycles. The second kappa shape index (κ2) is 6.51. The fourth-order valence-electron chi connectivity index (χ4n) is 1.72. The maximum absolute atomic E-state index is 5.96. The molecule has 0 saturated heterocycles. The molecule has 0 aromatic carbocycles. The lowest BCUT2D eigenvalue weighted by atomic mass is 10.4. The van der Waals surface area contributed by atoms with Crippen LogP contribution in [0.4, 0.5) is 5.82 Å². The quantitative estimate of drug-likeness (QED) is 0.363. The third-order valence-corrected chi connectivity index (χ3v) is 3.44. The number of nitrogens with zero attached hydrogens (tertiary/aromatic N) is 4. The van der Waals surface area contributed by atoms with Crippen LogP contribution in [0.1, 0.15) is 19.8 Å². The summed E-state index contributed by atoms with van der Waals surface area (Å²) in [5.41, 5.74) is 1.59. The predicted molar refractivity (Wildman–Crippen MR) is 82.6 cm³/mol. The Balaban J connectivity index is 2.34. The minimum atomic E-state index is 0.261. The number of aryl methyl sites for hydroxylation is 1. The van der Waals surface area contributed by atoms with Crippen LogP contribution in [0.15, 0.2) is 6.33 Å². The fraction of sp³-hybridized carbons (Fsp3) is 0.545. The molecule has 18 heavy (non-hydrogen) atoms. The lowest BCUT2D eigenvalue weighted by molar-refractivity contribution is 0.691. The first-order valence-corrected chi connectivity index (χ1v) is 7.84. The first kappa shape index (κ1) is 13.8. The van der Waals surface area contributed by atoms with Crippen molar-refractivity contribution < 1.29 is 0 Å². The number of imidazole rings is 1. The SMILES string of the molecule is CCCn1cnc2c(NCCCI)nc(Cl)nc21. The molecule has 0 aliphatic rings. The largest absolute Gasteiger partial charge is 0.368 e. The van der Waals surface area contributed by atoms with Crippen LogP contribution < -0.4 is 5.32 Å². The maximum Gasteiger partial charge on any atom is 0.226 e. The van der Waals surface area contributed by atoms with E-state index in [1.54, 1.807) is 6.33 Å². The molecule has 0 bridgehead atoms. The summed E-state index contributed by atoms with van der Waals surface area (Å²) in [6.07, 6.45) is 3.91. The molecule has 5 nitrogen and oxygen atoms in total. The molecule has 2 heterocycles. The summed E-state index contributed by atoms with van der Waals surface area (Å²) in [6, 6.07) is 0. The van der Waals surface area contributed by atoms with Gasteiger partial charge in [-0.2, -0.15) is 9.97 Å². The molecule has 0 amide bonds. The zero-order valence-corrected chi connectivity index (χ0v) is 13.1. The Morgan fingerprint density at radius 2 is 2.28 bits per heavy atom. The summed E-state index contributed by atoms with van der Waals surface area (Å²) < 4.78 is 3.11. The summed E-state index contributed by atoms with van der Waals surface area (Å²) in [7, 11) is 0. The normalized spacial score (nSPS) is 11.1. The zero-order valence-electron chi connectivity index (χ0n) is 10.2. The molecular formula is C11H15ClIN5.